The molecular weight excluding hydrogens is 247 g/mol. The molecule has 19 heavy (non-hydrogen) atoms. The van der Waals surface area contributed by atoms with E-state index in [1.807, 2.05) is 4.90 Å². The van der Waals surface area contributed by atoms with Crippen LogP contribution in [-0.4, -0.2) is 42.1 Å². The minimum Gasteiger partial charge on any atom is -0.392 e. The molecule has 1 aliphatic rings. The van der Waals surface area contributed by atoms with Crippen LogP contribution < -0.4 is 4.90 Å². The zero-order valence-electron chi connectivity index (χ0n) is 11.1. The van der Waals surface area contributed by atoms with Gasteiger partial charge in [-0.25, -0.2) is 4.39 Å². The number of benzene rings is 1. The summed E-state index contributed by atoms with van der Waals surface area (Å²) in [5.41, 5.74) is 1.11. The number of hydrogen-bond donors (Lipinski definition) is 1. The highest BCUT2D eigenvalue weighted by Gasteiger charge is 2.18. The lowest BCUT2D eigenvalue weighted by atomic mass is 10.2. The Balaban J connectivity index is 2.12. The minimum absolute atomic E-state index is 0.0675. The fourth-order valence-corrected chi connectivity index (χ4v) is 2.38. The molecule has 0 radical (unpaired) electrons. The van der Waals surface area contributed by atoms with E-state index in [9.17, 15) is 9.18 Å². The first-order valence-electron chi connectivity index (χ1n) is 6.51. The van der Waals surface area contributed by atoms with Gasteiger partial charge in [-0.05, 0) is 24.1 Å². The van der Waals surface area contributed by atoms with E-state index in [-0.39, 0.29) is 18.3 Å². The smallest absolute Gasteiger partial charge is 0.219 e. The van der Waals surface area contributed by atoms with E-state index in [1.54, 1.807) is 24.0 Å². The van der Waals surface area contributed by atoms with Gasteiger partial charge in [0.15, 0.2) is 0 Å². The Bertz CT molecular complexity index is 465. The molecule has 104 valence electrons. The molecule has 4 nitrogen and oxygen atoms in total. The topological polar surface area (TPSA) is 43.8 Å². The molecule has 1 N–H and O–H groups in total. The van der Waals surface area contributed by atoms with Gasteiger partial charge < -0.3 is 14.9 Å². The van der Waals surface area contributed by atoms with Gasteiger partial charge in [0.2, 0.25) is 5.91 Å². The molecule has 0 atom stereocenters. The first-order valence-corrected chi connectivity index (χ1v) is 6.51. The average molecular weight is 266 g/mol. The van der Waals surface area contributed by atoms with Crippen molar-refractivity contribution in [3.05, 3.63) is 29.6 Å². The first kappa shape index (κ1) is 13.8. The molecule has 5 heteroatoms. The molecule has 1 amide bonds. The van der Waals surface area contributed by atoms with Crippen LogP contribution in [0.1, 0.15) is 18.9 Å². The second-order valence-corrected chi connectivity index (χ2v) is 4.79. The quantitative estimate of drug-likeness (QED) is 0.879. The number of carbonyl (C=O) groups is 1. The highest BCUT2D eigenvalue weighted by molar-refractivity contribution is 5.73. The summed E-state index contributed by atoms with van der Waals surface area (Å²) in [6.45, 7) is 4.12. The number of carbonyl (C=O) groups excluding carboxylic acids is 1. The predicted octanol–water partition coefficient (Wildman–Crippen LogP) is 1.38. The SMILES string of the molecule is CC(=O)N1CCCN(c2ccc(CO)cc2F)CC1. The summed E-state index contributed by atoms with van der Waals surface area (Å²) in [4.78, 5) is 15.1. The van der Waals surface area contributed by atoms with Crippen molar-refractivity contribution in [2.24, 2.45) is 0 Å². The molecule has 1 heterocycles. The number of anilines is 1. The van der Waals surface area contributed by atoms with E-state index in [2.05, 4.69) is 0 Å². The summed E-state index contributed by atoms with van der Waals surface area (Å²) in [5, 5.41) is 8.98. The Kier molecular flexibility index (Phi) is 4.37. The number of halogens is 1. The predicted molar refractivity (Wildman–Crippen MR) is 71.4 cm³/mol. The summed E-state index contributed by atoms with van der Waals surface area (Å²) in [7, 11) is 0. The molecule has 0 unspecified atom stereocenters. The van der Waals surface area contributed by atoms with Gasteiger partial charge in [-0.1, -0.05) is 6.07 Å². The van der Waals surface area contributed by atoms with Gasteiger partial charge >= 0.3 is 0 Å². The lowest BCUT2D eigenvalue weighted by Crippen LogP contribution is -2.33. The van der Waals surface area contributed by atoms with Gasteiger partial charge in [0.25, 0.3) is 0 Å². The van der Waals surface area contributed by atoms with Crippen LogP contribution in [-0.2, 0) is 11.4 Å². The van der Waals surface area contributed by atoms with E-state index in [0.717, 1.165) is 19.5 Å². The highest BCUT2D eigenvalue weighted by atomic mass is 19.1. The van der Waals surface area contributed by atoms with Crippen LogP contribution in [0.5, 0.6) is 0 Å². The van der Waals surface area contributed by atoms with E-state index < -0.39 is 0 Å². The molecule has 0 bridgehead atoms. The Hall–Kier alpha value is -1.62. The Morgan fingerprint density at radius 1 is 1.32 bits per heavy atom. The average Bonchev–Trinajstić information content (AvgIpc) is 2.64. The maximum Gasteiger partial charge on any atom is 0.219 e. The molecule has 0 saturated carbocycles. The lowest BCUT2D eigenvalue weighted by molar-refractivity contribution is -0.128. The van der Waals surface area contributed by atoms with Crippen LogP contribution in [0.4, 0.5) is 10.1 Å². The lowest BCUT2D eigenvalue weighted by Gasteiger charge is -2.24. The maximum atomic E-state index is 14.0. The Labute approximate surface area is 112 Å². The van der Waals surface area contributed by atoms with E-state index in [1.165, 1.54) is 6.07 Å². The van der Waals surface area contributed by atoms with Crippen LogP contribution in [0, 0.1) is 5.82 Å². The molecule has 0 aliphatic carbocycles. The zero-order valence-corrected chi connectivity index (χ0v) is 11.1. The van der Waals surface area contributed by atoms with Gasteiger partial charge in [-0.15, -0.1) is 0 Å². The molecule has 2 rings (SSSR count). The summed E-state index contributed by atoms with van der Waals surface area (Å²) in [6.07, 6.45) is 0.834. The summed E-state index contributed by atoms with van der Waals surface area (Å²) < 4.78 is 14.0. The van der Waals surface area contributed by atoms with Crippen LogP contribution in [0.2, 0.25) is 0 Å². The molecule has 1 aromatic rings. The second kappa shape index (κ2) is 6.02. The van der Waals surface area contributed by atoms with Crippen LogP contribution >= 0.6 is 0 Å². The molecule has 0 spiro atoms. The third kappa shape index (κ3) is 3.23. The van der Waals surface area contributed by atoms with Crippen molar-refractivity contribution < 1.29 is 14.3 Å². The highest BCUT2D eigenvalue weighted by Crippen LogP contribution is 2.22. The van der Waals surface area contributed by atoms with Crippen molar-refractivity contribution in [2.75, 3.05) is 31.1 Å². The molecule has 0 aromatic heterocycles. The van der Waals surface area contributed by atoms with Gasteiger partial charge in [0.1, 0.15) is 5.82 Å². The van der Waals surface area contributed by atoms with Crippen LogP contribution in [0.3, 0.4) is 0 Å². The normalized spacial score (nSPS) is 16.4. The number of hydrogen-bond acceptors (Lipinski definition) is 3. The third-order valence-electron chi connectivity index (χ3n) is 3.48. The van der Waals surface area contributed by atoms with Gasteiger partial charge in [-0.3, -0.25) is 4.79 Å². The van der Waals surface area contributed by atoms with Crippen molar-refractivity contribution in [2.45, 2.75) is 20.0 Å². The van der Waals surface area contributed by atoms with Crippen molar-refractivity contribution in [1.82, 2.24) is 4.90 Å². The largest absolute Gasteiger partial charge is 0.392 e. The Morgan fingerprint density at radius 2 is 2.11 bits per heavy atom. The van der Waals surface area contributed by atoms with Crippen molar-refractivity contribution in [3.63, 3.8) is 0 Å². The number of aliphatic hydroxyl groups excluding tert-OH is 1. The van der Waals surface area contributed by atoms with Crippen LogP contribution in [0.25, 0.3) is 0 Å². The standard InChI is InChI=1S/C14H19FN2O2/c1-11(19)16-5-2-6-17(8-7-16)14-4-3-12(10-18)9-13(14)15/h3-4,9,18H,2,5-8,10H2,1H3. The molecular formula is C14H19FN2O2. The third-order valence-corrected chi connectivity index (χ3v) is 3.48. The second-order valence-electron chi connectivity index (χ2n) is 4.79. The van der Waals surface area contributed by atoms with Crippen molar-refractivity contribution >= 4 is 11.6 Å². The molecule has 1 aliphatic heterocycles. The summed E-state index contributed by atoms with van der Waals surface area (Å²) >= 11 is 0. The molecule has 1 saturated heterocycles. The number of nitrogens with zero attached hydrogens (tertiary/aromatic N) is 2. The fourth-order valence-electron chi connectivity index (χ4n) is 2.38. The van der Waals surface area contributed by atoms with Gasteiger partial charge in [0, 0.05) is 33.1 Å². The first-order chi connectivity index (χ1) is 9.11. The molecule has 1 aromatic carbocycles. The number of rotatable bonds is 2. The number of amides is 1. The van der Waals surface area contributed by atoms with Crippen molar-refractivity contribution in [3.8, 4) is 0 Å². The fraction of sp³-hybridized carbons (Fsp3) is 0.500. The van der Waals surface area contributed by atoms with E-state index in [0.29, 0.717) is 24.3 Å². The monoisotopic (exact) mass is 266 g/mol. The Morgan fingerprint density at radius 3 is 2.74 bits per heavy atom. The van der Waals surface area contributed by atoms with Gasteiger partial charge in [0.05, 0.1) is 12.3 Å². The van der Waals surface area contributed by atoms with Crippen molar-refractivity contribution in [1.29, 1.82) is 0 Å². The summed E-state index contributed by atoms with van der Waals surface area (Å²) in [6, 6.07) is 4.79. The van der Waals surface area contributed by atoms with Crippen LogP contribution in [0.15, 0.2) is 18.2 Å². The summed E-state index contributed by atoms with van der Waals surface area (Å²) in [5.74, 6) is -0.249. The number of aliphatic hydroxyl groups is 1. The van der Waals surface area contributed by atoms with E-state index in [4.69, 9.17) is 5.11 Å². The zero-order chi connectivity index (χ0) is 13.8. The van der Waals surface area contributed by atoms with Gasteiger partial charge in [-0.2, -0.15) is 0 Å². The molecule has 1 fully saturated rings. The maximum absolute atomic E-state index is 14.0. The van der Waals surface area contributed by atoms with E-state index >= 15 is 0 Å². The minimum atomic E-state index is -0.317.